The number of amides is 3. The van der Waals surface area contributed by atoms with Gasteiger partial charge >= 0.3 is 18.6 Å². The SMILES string of the molecule is C[C@H](OC(=O)c1ccccc1Nc1ccc(OC(F)F)cc1)C(=O)NC(N)=O. The van der Waals surface area contributed by atoms with Gasteiger partial charge in [-0.2, -0.15) is 8.78 Å². The predicted molar refractivity (Wildman–Crippen MR) is 95.4 cm³/mol. The number of nitrogens with one attached hydrogen (secondary N) is 2. The first-order valence-corrected chi connectivity index (χ1v) is 7.98. The van der Waals surface area contributed by atoms with Gasteiger partial charge in [0.05, 0.1) is 11.3 Å². The molecule has 148 valence electrons. The Kier molecular flexibility index (Phi) is 6.85. The number of alkyl halides is 2. The van der Waals surface area contributed by atoms with Gasteiger partial charge in [0.2, 0.25) is 0 Å². The molecule has 0 aliphatic heterocycles. The molecule has 1 atom stereocenters. The van der Waals surface area contributed by atoms with E-state index in [0.29, 0.717) is 11.4 Å². The summed E-state index contributed by atoms with van der Waals surface area (Å²) in [5.41, 5.74) is 5.83. The third-order valence-corrected chi connectivity index (χ3v) is 3.40. The maximum absolute atomic E-state index is 12.4. The molecular weight excluding hydrogens is 376 g/mol. The minimum absolute atomic E-state index is 0.0115. The zero-order valence-electron chi connectivity index (χ0n) is 14.6. The molecule has 8 nitrogen and oxygen atoms in total. The Bertz CT molecular complexity index is 859. The number of para-hydroxylation sites is 1. The van der Waals surface area contributed by atoms with Crippen LogP contribution in [0.2, 0.25) is 0 Å². The summed E-state index contributed by atoms with van der Waals surface area (Å²) < 4.78 is 33.7. The monoisotopic (exact) mass is 393 g/mol. The standard InChI is InChI=1S/C18H17F2N3O5/c1-10(15(24)23-18(21)26)27-16(25)13-4-2-3-5-14(13)22-11-6-8-12(9-7-11)28-17(19)20/h2-10,17,22H,1H3,(H3,21,23,24,26)/t10-/m0/s1. The van der Waals surface area contributed by atoms with E-state index in [-0.39, 0.29) is 11.3 Å². The number of ether oxygens (including phenoxy) is 2. The molecule has 0 bridgehead atoms. The van der Waals surface area contributed by atoms with Crippen molar-refractivity contribution < 1.29 is 32.6 Å². The summed E-state index contributed by atoms with van der Waals surface area (Å²) in [5, 5.41) is 4.76. The minimum Gasteiger partial charge on any atom is -0.449 e. The molecule has 2 rings (SSSR count). The number of rotatable bonds is 7. The summed E-state index contributed by atoms with van der Waals surface area (Å²) in [4.78, 5) is 34.7. The Labute approximate surface area is 158 Å². The van der Waals surface area contributed by atoms with E-state index in [4.69, 9.17) is 10.5 Å². The van der Waals surface area contributed by atoms with Crippen LogP contribution in [0, 0.1) is 0 Å². The lowest BCUT2D eigenvalue weighted by molar-refractivity contribution is -0.127. The van der Waals surface area contributed by atoms with Crippen LogP contribution in [-0.4, -0.2) is 30.6 Å². The lowest BCUT2D eigenvalue weighted by Crippen LogP contribution is -2.42. The third kappa shape index (κ3) is 5.94. The second-order valence-electron chi connectivity index (χ2n) is 5.47. The van der Waals surface area contributed by atoms with Crippen LogP contribution >= 0.6 is 0 Å². The Morgan fingerprint density at radius 1 is 1.04 bits per heavy atom. The molecule has 0 saturated heterocycles. The van der Waals surface area contributed by atoms with Crippen molar-refractivity contribution in [3.63, 3.8) is 0 Å². The van der Waals surface area contributed by atoms with Crippen molar-refractivity contribution in [2.75, 3.05) is 5.32 Å². The van der Waals surface area contributed by atoms with Crippen LogP contribution in [0.25, 0.3) is 0 Å². The molecule has 0 spiro atoms. The van der Waals surface area contributed by atoms with E-state index < -0.39 is 30.6 Å². The first kappa shape index (κ1) is 20.6. The van der Waals surface area contributed by atoms with Gasteiger partial charge < -0.3 is 20.5 Å². The number of nitrogens with two attached hydrogens (primary N) is 1. The van der Waals surface area contributed by atoms with Crippen LogP contribution in [0.5, 0.6) is 5.75 Å². The average molecular weight is 393 g/mol. The molecule has 4 N–H and O–H groups in total. The molecule has 28 heavy (non-hydrogen) atoms. The second-order valence-corrected chi connectivity index (χ2v) is 5.47. The Morgan fingerprint density at radius 2 is 1.68 bits per heavy atom. The number of carbonyl (C=O) groups is 3. The highest BCUT2D eigenvalue weighted by Crippen LogP contribution is 2.24. The zero-order chi connectivity index (χ0) is 20.7. The largest absolute Gasteiger partial charge is 0.449 e. The molecule has 10 heteroatoms. The van der Waals surface area contributed by atoms with Gasteiger partial charge in [0.15, 0.2) is 6.10 Å². The number of halogens is 2. The van der Waals surface area contributed by atoms with Crippen LogP contribution in [0.15, 0.2) is 48.5 Å². The van der Waals surface area contributed by atoms with E-state index in [2.05, 4.69) is 10.1 Å². The fourth-order valence-corrected chi connectivity index (χ4v) is 2.15. The van der Waals surface area contributed by atoms with Gasteiger partial charge in [-0.05, 0) is 43.3 Å². The summed E-state index contributed by atoms with van der Waals surface area (Å²) in [6, 6.07) is 10.9. The van der Waals surface area contributed by atoms with Crippen LogP contribution in [0.4, 0.5) is 25.0 Å². The van der Waals surface area contributed by atoms with Crippen LogP contribution in [0.1, 0.15) is 17.3 Å². The predicted octanol–water partition coefficient (Wildman–Crippen LogP) is 2.77. The highest BCUT2D eigenvalue weighted by Gasteiger charge is 2.21. The smallest absolute Gasteiger partial charge is 0.387 e. The van der Waals surface area contributed by atoms with Crippen molar-refractivity contribution in [2.45, 2.75) is 19.6 Å². The van der Waals surface area contributed by atoms with Gasteiger partial charge in [-0.25, -0.2) is 9.59 Å². The summed E-state index contributed by atoms with van der Waals surface area (Å²) in [6.45, 7) is -1.64. The molecule has 0 fully saturated rings. The van der Waals surface area contributed by atoms with Gasteiger partial charge in [-0.1, -0.05) is 12.1 Å². The number of hydrogen-bond acceptors (Lipinski definition) is 6. The second kappa shape index (κ2) is 9.31. The number of primary amides is 1. The highest BCUT2D eigenvalue weighted by molar-refractivity contribution is 6.00. The van der Waals surface area contributed by atoms with Crippen LogP contribution < -0.4 is 21.1 Å². The van der Waals surface area contributed by atoms with E-state index >= 15 is 0 Å². The zero-order valence-corrected chi connectivity index (χ0v) is 14.6. The van der Waals surface area contributed by atoms with Crippen LogP contribution in [-0.2, 0) is 9.53 Å². The molecule has 2 aromatic carbocycles. The molecule has 0 aliphatic carbocycles. The Morgan fingerprint density at radius 3 is 2.29 bits per heavy atom. The van der Waals surface area contributed by atoms with Crippen molar-refractivity contribution in [1.29, 1.82) is 0 Å². The average Bonchev–Trinajstić information content (AvgIpc) is 2.62. The lowest BCUT2D eigenvalue weighted by atomic mass is 10.1. The summed E-state index contributed by atoms with van der Waals surface area (Å²) >= 11 is 0. The van der Waals surface area contributed by atoms with Gasteiger partial charge in [-0.3, -0.25) is 10.1 Å². The van der Waals surface area contributed by atoms with Gasteiger partial charge in [-0.15, -0.1) is 0 Å². The Hall–Kier alpha value is -3.69. The fraction of sp³-hybridized carbons (Fsp3) is 0.167. The molecule has 2 aromatic rings. The maximum atomic E-state index is 12.4. The molecule has 0 saturated carbocycles. The minimum atomic E-state index is -2.93. The number of imide groups is 1. The molecule has 0 aromatic heterocycles. The van der Waals surface area contributed by atoms with Crippen molar-refractivity contribution >= 4 is 29.3 Å². The van der Waals surface area contributed by atoms with E-state index in [9.17, 15) is 23.2 Å². The molecular formula is C18H17F2N3O5. The Balaban J connectivity index is 2.10. The van der Waals surface area contributed by atoms with Crippen LogP contribution in [0.3, 0.4) is 0 Å². The molecule has 0 heterocycles. The molecule has 0 aliphatic rings. The quantitative estimate of drug-likeness (QED) is 0.622. The number of anilines is 2. The van der Waals surface area contributed by atoms with E-state index in [1.54, 1.807) is 18.2 Å². The van der Waals surface area contributed by atoms with Crippen molar-refractivity contribution in [1.82, 2.24) is 5.32 Å². The lowest BCUT2D eigenvalue weighted by Gasteiger charge is -2.15. The van der Waals surface area contributed by atoms with E-state index in [1.807, 2.05) is 5.32 Å². The summed E-state index contributed by atoms with van der Waals surface area (Å²) in [5.74, 6) is -1.68. The normalized spacial score (nSPS) is 11.4. The topological polar surface area (TPSA) is 120 Å². The van der Waals surface area contributed by atoms with E-state index in [1.165, 1.54) is 37.3 Å². The van der Waals surface area contributed by atoms with Gasteiger partial charge in [0.1, 0.15) is 5.75 Å². The first-order valence-electron chi connectivity index (χ1n) is 7.98. The van der Waals surface area contributed by atoms with Crippen molar-refractivity contribution in [2.24, 2.45) is 5.73 Å². The number of carbonyl (C=O) groups excluding carboxylic acids is 3. The first-order chi connectivity index (χ1) is 13.3. The summed E-state index contributed by atoms with van der Waals surface area (Å²) in [7, 11) is 0. The van der Waals surface area contributed by atoms with Crippen molar-refractivity contribution in [3.05, 3.63) is 54.1 Å². The number of urea groups is 1. The molecule has 3 amide bonds. The van der Waals surface area contributed by atoms with Gasteiger partial charge in [0, 0.05) is 5.69 Å². The van der Waals surface area contributed by atoms with E-state index in [0.717, 1.165) is 0 Å². The number of esters is 1. The third-order valence-electron chi connectivity index (χ3n) is 3.40. The number of benzene rings is 2. The highest BCUT2D eigenvalue weighted by atomic mass is 19.3. The molecule has 0 radical (unpaired) electrons. The number of hydrogen-bond donors (Lipinski definition) is 3. The fourth-order valence-electron chi connectivity index (χ4n) is 2.15. The maximum Gasteiger partial charge on any atom is 0.387 e. The molecule has 0 unspecified atom stereocenters. The van der Waals surface area contributed by atoms with Gasteiger partial charge in [0.25, 0.3) is 5.91 Å². The van der Waals surface area contributed by atoms with Crippen molar-refractivity contribution in [3.8, 4) is 5.75 Å². The summed E-state index contributed by atoms with van der Waals surface area (Å²) in [6.07, 6.45) is -1.25.